The molecule has 0 bridgehead atoms. The molecule has 1 aromatic heterocycles. The molecule has 24 heavy (non-hydrogen) atoms. The quantitative estimate of drug-likeness (QED) is 0.676. The van der Waals surface area contributed by atoms with Gasteiger partial charge in [0.15, 0.2) is 5.82 Å². The van der Waals surface area contributed by atoms with Crippen LogP contribution in [0.5, 0.6) is 0 Å². The van der Waals surface area contributed by atoms with Crippen LogP contribution in [0.3, 0.4) is 0 Å². The van der Waals surface area contributed by atoms with Crippen molar-refractivity contribution in [3.05, 3.63) is 72.0 Å². The normalized spacial score (nSPS) is 13.0. The summed E-state index contributed by atoms with van der Waals surface area (Å²) < 4.78 is 1.37. The Morgan fingerprint density at radius 2 is 1.96 bits per heavy atom. The number of aromatic nitrogens is 1. The molecule has 9 nitrogen and oxygen atoms in total. The number of nitro benzene ring substituents is 1. The van der Waals surface area contributed by atoms with Gasteiger partial charge < -0.3 is 5.32 Å². The molecule has 1 aliphatic heterocycles. The number of nitro groups is 2. The molecule has 0 radical (unpaired) electrons. The molecule has 9 heteroatoms. The third-order valence-electron chi connectivity index (χ3n) is 3.91. The van der Waals surface area contributed by atoms with E-state index in [9.17, 15) is 25.0 Å². The Labute approximate surface area is 135 Å². The van der Waals surface area contributed by atoms with Gasteiger partial charge in [-0.25, -0.2) is 0 Å². The summed E-state index contributed by atoms with van der Waals surface area (Å²) in [6.45, 7) is 0.981. The van der Waals surface area contributed by atoms with Crippen molar-refractivity contribution in [2.45, 2.75) is 19.4 Å². The van der Waals surface area contributed by atoms with E-state index in [2.05, 4.69) is 5.32 Å². The van der Waals surface area contributed by atoms with Gasteiger partial charge in [-0.2, -0.15) is 0 Å². The van der Waals surface area contributed by atoms with Crippen LogP contribution in [0.2, 0.25) is 0 Å². The minimum absolute atomic E-state index is 0.0817. The molecular weight excluding hydrogens is 316 g/mol. The lowest BCUT2D eigenvalue weighted by atomic mass is 10.0. The third kappa shape index (κ3) is 2.83. The van der Waals surface area contributed by atoms with Crippen LogP contribution in [0, 0.1) is 20.2 Å². The predicted octanol–water partition coefficient (Wildman–Crippen LogP) is 2.07. The van der Waals surface area contributed by atoms with Crippen molar-refractivity contribution in [2.24, 2.45) is 0 Å². The minimum atomic E-state index is -0.527. The summed E-state index contributed by atoms with van der Waals surface area (Å²) in [5.74, 6) is 0.221. The van der Waals surface area contributed by atoms with E-state index in [1.54, 1.807) is 6.07 Å². The third-order valence-corrected chi connectivity index (χ3v) is 3.91. The summed E-state index contributed by atoms with van der Waals surface area (Å²) in [6.07, 6.45) is 0.798. The van der Waals surface area contributed by atoms with E-state index in [-0.39, 0.29) is 34.7 Å². The number of non-ortho nitro benzene ring substituents is 1. The summed E-state index contributed by atoms with van der Waals surface area (Å²) >= 11 is 0. The number of rotatable bonds is 4. The van der Waals surface area contributed by atoms with Gasteiger partial charge >= 0.3 is 5.69 Å². The van der Waals surface area contributed by atoms with Crippen molar-refractivity contribution >= 4 is 17.2 Å². The van der Waals surface area contributed by atoms with Crippen LogP contribution in [0.1, 0.15) is 17.5 Å². The average molecular weight is 330 g/mol. The minimum Gasteiger partial charge on any atom is -0.366 e. The second-order valence-electron chi connectivity index (χ2n) is 5.50. The van der Waals surface area contributed by atoms with Gasteiger partial charge in [-0.15, -0.1) is 0 Å². The molecule has 0 saturated carbocycles. The van der Waals surface area contributed by atoms with Gasteiger partial charge in [0.05, 0.1) is 9.85 Å². The predicted molar refractivity (Wildman–Crippen MR) is 86.4 cm³/mol. The molecule has 0 fully saturated rings. The number of hydrogen-bond donors (Lipinski definition) is 1. The van der Waals surface area contributed by atoms with Crippen molar-refractivity contribution in [1.82, 2.24) is 4.57 Å². The SMILES string of the molecule is O=c1c(Cc2cccc([N+](=O)[O-])c2)cc([N+](=O)[O-])c2n1CCCN2. The van der Waals surface area contributed by atoms with Gasteiger partial charge in [-0.05, 0) is 12.0 Å². The van der Waals surface area contributed by atoms with Gasteiger partial charge in [0.2, 0.25) is 0 Å². The van der Waals surface area contributed by atoms with Crippen LogP contribution in [-0.2, 0) is 13.0 Å². The number of nitrogens with zero attached hydrogens (tertiary/aromatic N) is 3. The highest BCUT2D eigenvalue weighted by Crippen LogP contribution is 2.27. The second-order valence-corrected chi connectivity index (χ2v) is 5.50. The monoisotopic (exact) mass is 330 g/mol. The molecule has 0 aliphatic carbocycles. The highest BCUT2D eigenvalue weighted by atomic mass is 16.6. The van der Waals surface area contributed by atoms with Gasteiger partial charge in [-0.1, -0.05) is 12.1 Å². The Morgan fingerprint density at radius 3 is 2.67 bits per heavy atom. The molecule has 0 saturated heterocycles. The molecule has 2 heterocycles. The Morgan fingerprint density at radius 1 is 1.17 bits per heavy atom. The molecular formula is C15H14N4O5. The summed E-state index contributed by atoms with van der Waals surface area (Å²) in [5.41, 5.74) is 0.250. The zero-order chi connectivity index (χ0) is 17.3. The van der Waals surface area contributed by atoms with E-state index >= 15 is 0 Å². The van der Waals surface area contributed by atoms with Crippen molar-refractivity contribution in [2.75, 3.05) is 11.9 Å². The lowest BCUT2D eigenvalue weighted by molar-refractivity contribution is -0.384. The Hall–Kier alpha value is -3.23. The maximum absolute atomic E-state index is 12.6. The lowest BCUT2D eigenvalue weighted by Crippen LogP contribution is -2.31. The number of nitrogens with one attached hydrogen (secondary N) is 1. The summed E-state index contributed by atoms with van der Waals surface area (Å²) in [5, 5.41) is 25.0. The maximum Gasteiger partial charge on any atom is 0.310 e. The number of pyridine rings is 1. The number of hydrogen-bond acceptors (Lipinski definition) is 6. The van der Waals surface area contributed by atoms with Gasteiger partial charge in [0, 0.05) is 43.3 Å². The molecule has 1 aliphatic rings. The van der Waals surface area contributed by atoms with Crippen LogP contribution in [0.4, 0.5) is 17.2 Å². The first-order chi connectivity index (χ1) is 11.5. The first-order valence-corrected chi connectivity index (χ1v) is 7.35. The second kappa shape index (κ2) is 6.11. The van der Waals surface area contributed by atoms with Crippen molar-refractivity contribution in [3.8, 4) is 0 Å². The van der Waals surface area contributed by atoms with Crippen LogP contribution >= 0.6 is 0 Å². The standard InChI is InChI=1S/C15H14N4O5/c20-15-11(7-10-3-1-4-12(8-10)18(21)22)9-13(19(23)24)14-16-5-2-6-17(14)15/h1,3-4,8-9,16H,2,5-7H2. The van der Waals surface area contributed by atoms with Gasteiger partial charge in [0.1, 0.15) is 0 Å². The fraction of sp³-hybridized carbons (Fsp3) is 0.267. The highest BCUT2D eigenvalue weighted by Gasteiger charge is 2.24. The van der Waals surface area contributed by atoms with E-state index in [1.165, 1.54) is 28.8 Å². The van der Waals surface area contributed by atoms with Crippen LogP contribution < -0.4 is 10.9 Å². The fourth-order valence-electron chi connectivity index (χ4n) is 2.82. The Kier molecular flexibility index (Phi) is 3.98. The highest BCUT2D eigenvalue weighted by molar-refractivity contribution is 5.59. The van der Waals surface area contributed by atoms with Crippen LogP contribution in [0.25, 0.3) is 0 Å². The molecule has 124 valence electrons. The summed E-state index contributed by atoms with van der Waals surface area (Å²) in [6, 6.07) is 7.16. The summed E-state index contributed by atoms with van der Waals surface area (Å²) in [4.78, 5) is 33.7. The van der Waals surface area contributed by atoms with Crippen molar-refractivity contribution in [1.29, 1.82) is 0 Å². The molecule has 1 aromatic carbocycles. The molecule has 0 atom stereocenters. The first kappa shape index (κ1) is 15.7. The van der Waals surface area contributed by atoms with E-state index in [4.69, 9.17) is 0 Å². The molecule has 0 amide bonds. The topological polar surface area (TPSA) is 120 Å². The Balaban J connectivity index is 2.07. The van der Waals surface area contributed by atoms with Crippen LogP contribution in [0.15, 0.2) is 35.1 Å². The van der Waals surface area contributed by atoms with Crippen molar-refractivity contribution < 1.29 is 9.85 Å². The molecule has 3 rings (SSSR count). The maximum atomic E-state index is 12.6. The lowest BCUT2D eigenvalue weighted by Gasteiger charge is -2.20. The molecule has 2 aromatic rings. The zero-order valence-electron chi connectivity index (χ0n) is 12.6. The number of anilines is 1. The van der Waals surface area contributed by atoms with E-state index in [0.717, 1.165) is 0 Å². The summed E-state index contributed by atoms with van der Waals surface area (Å²) in [7, 11) is 0. The largest absolute Gasteiger partial charge is 0.366 e. The van der Waals surface area contributed by atoms with E-state index < -0.39 is 9.85 Å². The van der Waals surface area contributed by atoms with E-state index in [1.807, 2.05) is 0 Å². The molecule has 0 spiro atoms. The average Bonchev–Trinajstić information content (AvgIpc) is 2.57. The smallest absolute Gasteiger partial charge is 0.310 e. The van der Waals surface area contributed by atoms with Gasteiger partial charge in [-0.3, -0.25) is 29.6 Å². The number of fused-ring (bicyclic) bond motifs is 1. The van der Waals surface area contributed by atoms with E-state index in [0.29, 0.717) is 25.1 Å². The van der Waals surface area contributed by atoms with Crippen LogP contribution in [-0.4, -0.2) is 21.0 Å². The fourth-order valence-corrected chi connectivity index (χ4v) is 2.82. The van der Waals surface area contributed by atoms with Gasteiger partial charge in [0.25, 0.3) is 11.2 Å². The molecule has 1 N–H and O–H groups in total. The first-order valence-electron chi connectivity index (χ1n) is 7.35. The number of benzene rings is 1. The molecule has 0 unspecified atom stereocenters. The Bertz CT molecular complexity index is 890. The van der Waals surface area contributed by atoms with Crippen molar-refractivity contribution in [3.63, 3.8) is 0 Å². The zero-order valence-corrected chi connectivity index (χ0v) is 12.6.